The van der Waals surface area contributed by atoms with Crippen molar-refractivity contribution < 1.29 is 15.3 Å². The zero-order chi connectivity index (χ0) is 21.9. The Balaban J connectivity index is 1.55. The van der Waals surface area contributed by atoms with Gasteiger partial charge in [-0.05, 0) is 112 Å². The van der Waals surface area contributed by atoms with E-state index in [1.54, 1.807) is 0 Å². The summed E-state index contributed by atoms with van der Waals surface area (Å²) in [6, 6.07) is 0. The van der Waals surface area contributed by atoms with Crippen molar-refractivity contribution in [2.45, 2.75) is 117 Å². The average molecular weight is 419 g/mol. The zero-order valence-electron chi connectivity index (χ0n) is 20.0. The van der Waals surface area contributed by atoms with E-state index in [1.165, 1.54) is 24.8 Å². The largest absolute Gasteiger partial charge is 0.393 e. The van der Waals surface area contributed by atoms with Gasteiger partial charge in [0.05, 0.1) is 17.8 Å². The summed E-state index contributed by atoms with van der Waals surface area (Å²) in [7, 11) is 0. The molecule has 0 spiro atoms. The molecule has 0 bridgehead atoms. The lowest BCUT2D eigenvalue weighted by molar-refractivity contribution is -0.151. The van der Waals surface area contributed by atoms with E-state index in [0.29, 0.717) is 24.2 Å². The van der Waals surface area contributed by atoms with Crippen molar-refractivity contribution in [3.8, 4) is 0 Å². The lowest BCUT2D eigenvalue weighted by Crippen LogP contribution is -2.55. The summed E-state index contributed by atoms with van der Waals surface area (Å²) in [5.41, 5.74) is 0.914. The standard InChI is InChI=1S/C27H46O3/c1-17(2)6-11-24(29)27(5,30)23-10-9-21-20-8-7-18-16-19(28)12-14-25(18,3)22(20)13-15-26(21,23)4/h7,17,19-24,28-30H,6,8-16H2,1-5H3/t19-,20-,21-,22-,23-,24?,25-,26-,27?/m0/s1. The Morgan fingerprint density at radius 3 is 2.50 bits per heavy atom. The Labute approximate surface area is 184 Å². The first-order valence-corrected chi connectivity index (χ1v) is 12.8. The summed E-state index contributed by atoms with van der Waals surface area (Å²) in [5, 5.41) is 32.7. The van der Waals surface area contributed by atoms with Crippen LogP contribution in [-0.2, 0) is 0 Å². The maximum atomic E-state index is 11.6. The quantitative estimate of drug-likeness (QED) is 0.519. The topological polar surface area (TPSA) is 60.7 Å². The molecule has 30 heavy (non-hydrogen) atoms. The molecular formula is C27H46O3. The Morgan fingerprint density at radius 2 is 1.80 bits per heavy atom. The molecule has 0 heterocycles. The molecule has 4 aliphatic rings. The summed E-state index contributed by atoms with van der Waals surface area (Å²) in [4.78, 5) is 0. The third-order valence-electron chi connectivity index (χ3n) is 10.5. The number of fused-ring (bicyclic) bond motifs is 5. The molecule has 0 aromatic rings. The second kappa shape index (κ2) is 7.89. The fraction of sp³-hybridized carbons (Fsp3) is 0.926. The van der Waals surface area contributed by atoms with Crippen LogP contribution in [0.15, 0.2) is 11.6 Å². The van der Waals surface area contributed by atoms with Crippen LogP contribution < -0.4 is 0 Å². The predicted molar refractivity (Wildman–Crippen MR) is 122 cm³/mol. The van der Waals surface area contributed by atoms with Crippen molar-refractivity contribution in [2.24, 2.45) is 40.4 Å². The van der Waals surface area contributed by atoms with Crippen LogP contribution in [-0.4, -0.2) is 33.1 Å². The Hall–Kier alpha value is -0.380. The van der Waals surface area contributed by atoms with Crippen LogP contribution in [0.2, 0.25) is 0 Å². The highest BCUT2D eigenvalue weighted by molar-refractivity contribution is 5.25. The Bertz CT molecular complexity index is 667. The molecule has 0 saturated heterocycles. The minimum Gasteiger partial charge on any atom is -0.393 e. The molecule has 0 aromatic heterocycles. The van der Waals surface area contributed by atoms with E-state index in [0.717, 1.165) is 44.4 Å². The van der Waals surface area contributed by atoms with Gasteiger partial charge >= 0.3 is 0 Å². The number of aliphatic hydroxyl groups is 3. The molecule has 172 valence electrons. The van der Waals surface area contributed by atoms with Crippen LogP contribution in [0, 0.1) is 40.4 Å². The van der Waals surface area contributed by atoms with Gasteiger partial charge in [-0.2, -0.15) is 0 Å². The number of hydrogen-bond donors (Lipinski definition) is 3. The second-order valence-corrected chi connectivity index (χ2v) is 12.5. The molecule has 9 atom stereocenters. The summed E-state index contributed by atoms with van der Waals surface area (Å²) in [6.07, 6.45) is 12.1. The Morgan fingerprint density at radius 1 is 1.07 bits per heavy atom. The first-order valence-electron chi connectivity index (χ1n) is 12.8. The number of hydrogen-bond acceptors (Lipinski definition) is 3. The summed E-state index contributed by atoms with van der Waals surface area (Å²) in [6.45, 7) is 11.2. The van der Waals surface area contributed by atoms with Gasteiger partial charge in [0.1, 0.15) is 0 Å². The lowest BCUT2D eigenvalue weighted by Gasteiger charge is -2.59. The molecule has 3 nitrogen and oxygen atoms in total. The summed E-state index contributed by atoms with van der Waals surface area (Å²) < 4.78 is 0. The van der Waals surface area contributed by atoms with Crippen molar-refractivity contribution in [1.29, 1.82) is 0 Å². The SMILES string of the molecule is CC(C)CCC(O)C(C)(O)[C@H]1CC[C@H]2[C@@H]3CC=C4C[C@@H](O)CC[C@]4(C)[C@H]3CC[C@]12C. The van der Waals surface area contributed by atoms with Crippen LogP contribution >= 0.6 is 0 Å². The van der Waals surface area contributed by atoms with Crippen LogP contribution in [0.3, 0.4) is 0 Å². The predicted octanol–water partition coefficient (Wildman–Crippen LogP) is 5.47. The molecule has 3 heteroatoms. The monoisotopic (exact) mass is 418 g/mol. The number of rotatable bonds is 5. The van der Waals surface area contributed by atoms with Gasteiger partial charge in [0.2, 0.25) is 0 Å². The van der Waals surface area contributed by atoms with E-state index in [4.69, 9.17) is 0 Å². The Kier molecular flexibility index (Phi) is 5.99. The molecule has 0 radical (unpaired) electrons. The minimum atomic E-state index is -1.00. The van der Waals surface area contributed by atoms with Crippen LogP contribution in [0.1, 0.15) is 98.8 Å². The molecule has 0 aromatic carbocycles. The van der Waals surface area contributed by atoms with Gasteiger partial charge in [0, 0.05) is 0 Å². The molecule has 3 N–H and O–H groups in total. The van der Waals surface area contributed by atoms with E-state index in [2.05, 4.69) is 33.8 Å². The van der Waals surface area contributed by atoms with Crippen LogP contribution in [0.4, 0.5) is 0 Å². The van der Waals surface area contributed by atoms with Gasteiger partial charge in [0.25, 0.3) is 0 Å². The molecule has 4 rings (SSSR count). The molecule has 4 aliphatic carbocycles. The molecule has 2 unspecified atom stereocenters. The highest BCUT2D eigenvalue weighted by Gasteiger charge is 2.62. The van der Waals surface area contributed by atoms with E-state index in [-0.39, 0.29) is 22.9 Å². The first kappa shape index (κ1) is 22.8. The molecular weight excluding hydrogens is 372 g/mol. The van der Waals surface area contributed by atoms with Crippen molar-refractivity contribution in [1.82, 2.24) is 0 Å². The highest BCUT2D eigenvalue weighted by Crippen LogP contribution is 2.67. The third kappa shape index (κ3) is 3.52. The van der Waals surface area contributed by atoms with Gasteiger partial charge in [0.15, 0.2) is 0 Å². The summed E-state index contributed by atoms with van der Waals surface area (Å²) >= 11 is 0. The number of aliphatic hydroxyl groups excluding tert-OH is 2. The van der Waals surface area contributed by atoms with Crippen molar-refractivity contribution in [2.75, 3.05) is 0 Å². The average Bonchev–Trinajstić information content (AvgIpc) is 3.04. The first-order chi connectivity index (χ1) is 14.0. The van der Waals surface area contributed by atoms with Crippen LogP contribution in [0.5, 0.6) is 0 Å². The van der Waals surface area contributed by atoms with Gasteiger partial charge in [-0.3, -0.25) is 0 Å². The van der Waals surface area contributed by atoms with E-state index < -0.39 is 11.7 Å². The van der Waals surface area contributed by atoms with Gasteiger partial charge in [-0.15, -0.1) is 0 Å². The lowest BCUT2D eigenvalue weighted by atomic mass is 9.46. The van der Waals surface area contributed by atoms with E-state index >= 15 is 0 Å². The van der Waals surface area contributed by atoms with Gasteiger partial charge < -0.3 is 15.3 Å². The third-order valence-corrected chi connectivity index (χ3v) is 10.5. The van der Waals surface area contributed by atoms with Gasteiger partial charge in [-0.25, -0.2) is 0 Å². The highest BCUT2D eigenvalue weighted by atomic mass is 16.3. The molecule has 3 fully saturated rings. The van der Waals surface area contributed by atoms with Crippen molar-refractivity contribution in [3.05, 3.63) is 11.6 Å². The number of allylic oxidation sites excluding steroid dienone is 1. The summed E-state index contributed by atoms with van der Waals surface area (Å²) in [5.74, 6) is 2.80. The van der Waals surface area contributed by atoms with Crippen LogP contribution in [0.25, 0.3) is 0 Å². The fourth-order valence-corrected chi connectivity index (χ4v) is 8.62. The van der Waals surface area contributed by atoms with E-state index in [9.17, 15) is 15.3 Å². The maximum Gasteiger partial charge on any atom is 0.0910 e. The molecule has 3 saturated carbocycles. The molecule has 0 aliphatic heterocycles. The molecule has 0 amide bonds. The van der Waals surface area contributed by atoms with Crippen molar-refractivity contribution in [3.63, 3.8) is 0 Å². The van der Waals surface area contributed by atoms with Gasteiger partial charge in [-0.1, -0.05) is 39.3 Å². The smallest absolute Gasteiger partial charge is 0.0910 e. The second-order valence-electron chi connectivity index (χ2n) is 12.5. The normalized spacial score (nSPS) is 46.4. The van der Waals surface area contributed by atoms with E-state index in [1.807, 2.05) is 6.92 Å². The zero-order valence-corrected chi connectivity index (χ0v) is 20.0. The van der Waals surface area contributed by atoms with Crippen molar-refractivity contribution >= 4 is 0 Å². The fourth-order valence-electron chi connectivity index (χ4n) is 8.62. The minimum absolute atomic E-state index is 0.124. The maximum absolute atomic E-state index is 11.6.